The maximum Gasteiger partial charge on any atom is 0.306 e. The van der Waals surface area contributed by atoms with E-state index in [-0.39, 0.29) is 37.5 Å². The second-order valence-electron chi connectivity index (χ2n) is 12.8. The van der Waals surface area contributed by atoms with Crippen LogP contribution in [0.3, 0.4) is 0 Å². The Balaban J connectivity index is 4.51. The smallest absolute Gasteiger partial charge is 0.306 e. The van der Waals surface area contributed by atoms with Crippen molar-refractivity contribution in [2.75, 3.05) is 13.2 Å². The van der Waals surface area contributed by atoms with Crippen LogP contribution in [0.25, 0.3) is 0 Å². The molecule has 0 rings (SSSR count). The molecule has 50 heavy (non-hydrogen) atoms. The highest BCUT2D eigenvalue weighted by Crippen LogP contribution is 2.11. The van der Waals surface area contributed by atoms with Gasteiger partial charge in [0, 0.05) is 19.3 Å². The van der Waals surface area contributed by atoms with Gasteiger partial charge in [0.1, 0.15) is 13.2 Å². The minimum Gasteiger partial charge on any atom is -0.462 e. The number of hydrogen-bond donors (Lipinski definition) is 0. The first-order chi connectivity index (χ1) is 24.5. The molecule has 0 aromatic carbocycles. The summed E-state index contributed by atoms with van der Waals surface area (Å²) in [4.78, 5) is 37.4. The topological polar surface area (TPSA) is 78.9 Å². The SMILES string of the molecule is CC/C=C\C/C=C\C/C=C\CCCC(=O)OC(COC(=O)CCCC/C=C\C/C=C\CC)COC(=O)CCCCCCC/C=C\CCCCC. The van der Waals surface area contributed by atoms with Crippen molar-refractivity contribution in [3.8, 4) is 0 Å². The fraction of sp³-hybridized carbons (Fsp3) is 0.659. The minimum atomic E-state index is -0.813. The van der Waals surface area contributed by atoms with E-state index in [1.54, 1.807) is 0 Å². The van der Waals surface area contributed by atoms with E-state index in [0.717, 1.165) is 89.9 Å². The first kappa shape index (κ1) is 46.9. The molecule has 284 valence electrons. The van der Waals surface area contributed by atoms with Crippen LogP contribution in [0.4, 0.5) is 0 Å². The van der Waals surface area contributed by atoms with Crippen LogP contribution in [-0.4, -0.2) is 37.2 Å². The Bertz CT molecular complexity index is 986. The highest BCUT2D eigenvalue weighted by molar-refractivity contribution is 5.71. The first-order valence-corrected chi connectivity index (χ1v) is 19.9. The van der Waals surface area contributed by atoms with E-state index >= 15 is 0 Å². The van der Waals surface area contributed by atoms with Gasteiger partial charge in [-0.15, -0.1) is 0 Å². The highest BCUT2D eigenvalue weighted by Gasteiger charge is 2.19. The fourth-order valence-electron chi connectivity index (χ4n) is 4.96. The van der Waals surface area contributed by atoms with E-state index in [2.05, 4.69) is 93.7 Å². The number of carbonyl (C=O) groups excluding carboxylic acids is 3. The van der Waals surface area contributed by atoms with E-state index in [1.807, 2.05) is 0 Å². The molecule has 0 saturated heterocycles. The van der Waals surface area contributed by atoms with Gasteiger partial charge in [-0.1, -0.05) is 126 Å². The van der Waals surface area contributed by atoms with E-state index in [9.17, 15) is 14.4 Å². The van der Waals surface area contributed by atoms with Gasteiger partial charge in [0.25, 0.3) is 0 Å². The summed E-state index contributed by atoms with van der Waals surface area (Å²) < 4.78 is 16.5. The van der Waals surface area contributed by atoms with Gasteiger partial charge in [-0.3, -0.25) is 14.4 Å². The van der Waals surface area contributed by atoms with Crippen LogP contribution in [-0.2, 0) is 28.6 Å². The Morgan fingerprint density at radius 2 is 0.800 bits per heavy atom. The molecule has 0 N–H and O–H groups in total. The molecule has 0 aliphatic carbocycles. The lowest BCUT2D eigenvalue weighted by Crippen LogP contribution is -2.30. The number of allylic oxidation sites excluding steroid dienone is 12. The number of carbonyl (C=O) groups is 3. The van der Waals surface area contributed by atoms with Gasteiger partial charge in [0.05, 0.1) is 0 Å². The summed E-state index contributed by atoms with van der Waals surface area (Å²) in [5, 5.41) is 0. The lowest BCUT2D eigenvalue weighted by molar-refractivity contribution is -0.167. The molecule has 0 spiro atoms. The van der Waals surface area contributed by atoms with Crippen LogP contribution in [0.1, 0.15) is 168 Å². The molecule has 0 aliphatic heterocycles. The van der Waals surface area contributed by atoms with Crippen LogP contribution < -0.4 is 0 Å². The average molecular weight is 697 g/mol. The Kier molecular flexibility index (Phi) is 36.2. The van der Waals surface area contributed by atoms with Gasteiger partial charge < -0.3 is 14.2 Å². The van der Waals surface area contributed by atoms with Gasteiger partial charge in [0.15, 0.2) is 6.10 Å². The zero-order valence-corrected chi connectivity index (χ0v) is 32.1. The summed E-state index contributed by atoms with van der Waals surface area (Å²) in [6.07, 6.45) is 46.2. The third-order valence-corrected chi connectivity index (χ3v) is 7.93. The summed E-state index contributed by atoms with van der Waals surface area (Å²) in [5.41, 5.74) is 0. The Morgan fingerprint density at radius 3 is 1.34 bits per heavy atom. The molecule has 6 heteroatoms. The van der Waals surface area contributed by atoms with Crippen LogP contribution in [0.2, 0.25) is 0 Å². The molecule has 0 aliphatic rings. The van der Waals surface area contributed by atoms with Gasteiger partial charge in [-0.25, -0.2) is 0 Å². The third kappa shape index (κ3) is 36.1. The van der Waals surface area contributed by atoms with E-state index in [1.165, 1.54) is 32.1 Å². The largest absolute Gasteiger partial charge is 0.462 e. The van der Waals surface area contributed by atoms with Crippen molar-refractivity contribution in [2.24, 2.45) is 0 Å². The summed E-state index contributed by atoms with van der Waals surface area (Å²) in [7, 11) is 0. The normalized spacial score (nSPS) is 12.8. The second-order valence-corrected chi connectivity index (χ2v) is 12.8. The number of esters is 3. The number of unbranched alkanes of at least 4 members (excludes halogenated alkanes) is 11. The van der Waals surface area contributed by atoms with Crippen LogP contribution in [0.15, 0.2) is 72.9 Å². The molecular weight excluding hydrogens is 624 g/mol. The predicted molar refractivity (Wildman–Crippen MR) is 210 cm³/mol. The van der Waals surface area contributed by atoms with E-state index in [0.29, 0.717) is 19.3 Å². The van der Waals surface area contributed by atoms with Crippen molar-refractivity contribution < 1.29 is 28.6 Å². The summed E-state index contributed by atoms with van der Waals surface area (Å²) in [6.45, 7) is 6.24. The number of hydrogen-bond acceptors (Lipinski definition) is 6. The average Bonchev–Trinajstić information content (AvgIpc) is 3.11. The van der Waals surface area contributed by atoms with Crippen molar-refractivity contribution in [1.82, 2.24) is 0 Å². The summed E-state index contributed by atoms with van der Waals surface area (Å²) >= 11 is 0. The van der Waals surface area contributed by atoms with Crippen LogP contribution in [0, 0.1) is 0 Å². The van der Waals surface area contributed by atoms with Crippen molar-refractivity contribution >= 4 is 17.9 Å². The molecule has 0 radical (unpaired) electrons. The molecule has 6 nitrogen and oxygen atoms in total. The first-order valence-electron chi connectivity index (χ1n) is 19.9. The molecular formula is C44H72O6. The molecule has 0 fully saturated rings. The quantitative estimate of drug-likeness (QED) is 0.0288. The summed E-state index contributed by atoms with van der Waals surface area (Å²) in [6, 6.07) is 0. The molecule has 0 amide bonds. The van der Waals surface area contributed by atoms with Gasteiger partial charge in [-0.05, 0) is 96.3 Å². The molecule has 0 aromatic heterocycles. The Labute approximate surface area is 306 Å². The lowest BCUT2D eigenvalue weighted by atomic mass is 10.1. The predicted octanol–water partition coefficient (Wildman–Crippen LogP) is 12.4. The Morgan fingerprint density at radius 1 is 0.420 bits per heavy atom. The fourth-order valence-corrected chi connectivity index (χ4v) is 4.96. The molecule has 0 heterocycles. The molecule has 0 aromatic rings. The lowest BCUT2D eigenvalue weighted by Gasteiger charge is -2.18. The maximum atomic E-state index is 12.6. The molecule has 1 unspecified atom stereocenters. The van der Waals surface area contributed by atoms with Crippen molar-refractivity contribution in [1.29, 1.82) is 0 Å². The van der Waals surface area contributed by atoms with Crippen LogP contribution in [0.5, 0.6) is 0 Å². The molecule has 0 bridgehead atoms. The summed E-state index contributed by atoms with van der Waals surface area (Å²) in [5.74, 6) is -1.03. The van der Waals surface area contributed by atoms with Gasteiger partial charge in [-0.2, -0.15) is 0 Å². The van der Waals surface area contributed by atoms with Crippen LogP contribution >= 0.6 is 0 Å². The monoisotopic (exact) mass is 697 g/mol. The van der Waals surface area contributed by atoms with Gasteiger partial charge in [0.2, 0.25) is 0 Å². The number of rotatable bonds is 34. The number of ether oxygens (including phenoxy) is 3. The highest BCUT2D eigenvalue weighted by atomic mass is 16.6. The standard InChI is InChI=1S/C44H72O6/c1-4-7-10-13-16-19-21-23-25-28-31-34-37-43(46)49-40-41(39-48-42(45)36-33-30-27-24-18-15-12-9-6-3)50-44(47)38-35-32-29-26-22-20-17-14-11-8-5-2/h8-9,11-12,16-20,24,26,29,41H,4-7,10,13-15,21-23,25,27-28,30-40H2,1-3H3/b11-8-,12-9-,19-16-,20-17-,24-18-,29-26-. The Hall–Kier alpha value is -3.15. The third-order valence-electron chi connectivity index (χ3n) is 7.93. The second kappa shape index (κ2) is 38.6. The zero-order valence-electron chi connectivity index (χ0n) is 32.1. The van der Waals surface area contributed by atoms with Gasteiger partial charge >= 0.3 is 17.9 Å². The maximum absolute atomic E-state index is 12.6. The van der Waals surface area contributed by atoms with E-state index < -0.39 is 6.10 Å². The van der Waals surface area contributed by atoms with E-state index in [4.69, 9.17) is 14.2 Å². The minimum absolute atomic E-state index is 0.112. The van der Waals surface area contributed by atoms with Crippen molar-refractivity contribution in [3.63, 3.8) is 0 Å². The zero-order chi connectivity index (χ0) is 36.6. The molecule has 0 saturated carbocycles. The van der Waals surface area contributed by atoms with Crippen molar-refractivity contribution in [3.05, 3.63) is 72.9 Å². The van der Waals surface area contributed by atoms with Crippen molar-refractivity contribution in [2.45, 2.75) is 175 Å². The molecule has 1 atom stereocenters.